The molecule has 0 fully saturated rings. The first-order valence-electron chi connectivity index (χ1n) is 5.28. The van der Waals surface area contributed by atoms with Gasteiger partial charge in [-0.15, -0.1) is 0 Å². The molecule has 4 heteroatoms. The molecule has 0 aliphatic heterocycles. The number of hydrogen-bond acceptors (Lipinski definition) is 2. The molecule has 0 atom stereocenters. The highest BCUT2D eigenvalue weighted by molar-refractivity contribution is 5.57. The van der Waals surface area contributed by atoms with Crippen molar-refractivity contribution >= 4 is 0 Å². The molecule has 0 N–H and O–H groups in total. The minimum Gasteiger partial charge on any atom is -0.330 e. The number of nitriles is 1. The van der Waals surface area contributed by atoms with Crippen LogP contribution in [0.15, 0.2) is 24.3 Å². The van der Waals surface area contributed by atoms with Gasteiger partial charge in [0.1, 0.15) is 11.6 Å². The van der Waals surface area contributed by atoms with Crippen molar-refractivity contribution in [3.05, 3.63) is 41.5 Å². The maximum atomic E-state index is 13.2. The molecule has 1 aromatic heterocycles. The monoisotopic (exact) mass is 229 g/mol. The summed E-state index contributed by atoms with van der Waals surface area (Å²) in [5, 5.41) is 8.74. The minimum atomic E-state index is -0.287. The summed E-state index contributed by atoms with van der Waals surface area (Å²) in [4.78, 5) is 4.39. The Hall–Kier alpha value is -2.15. The van der Waals surface area contributed by atoms with Gasteiger partial charge >= 0.3 is 0 Å². The summed E-state index contributed by atoms with van der Waals surface area (Å²) in [6.45, 7) is 1.86. The molecule has 0 unspecified atom stereocenters. The summed E-state index contributed by atoms with van der Waals surface area (Å²) in [7, 11) is 1.84. The number of imidazole rings is 1. The zero-order valence-corrected chi connectivity index (χ0v) is 9.74. The van der Waals surface area contributed by atoms with Gasteiger partial charge < -0.3 is 4.57 Å². The summed E-state index contributed by atoms with van der Waals surface area (Å²) < 4.78 is 15.0. The third-order valence-corrected chi connectivity index (χ3v) is 2.74. The predicted octanol–water partition coefficient (Wildman–Crippen LogP) is 2.60. The number of aromatic nitrogens is 2. The lowest BCUT2D eigenvalue weighted by molar-refractivity contribution is 0.628. The molecule has 0 aliphatic rings. The van der Waals surface area contributed by atoms with Gasteiger partial charge in [-0.1, -0.05) is 12.1 Å². The lowest BCUT2D eigenvalue weighted by atomic mass is 10.2. The third kappa shape index (κ3) is 2.04. The summed E-state index contributed by atoms with van der Waals surface area (Å²) >= 11 is 0. The molecule has 0 saturated carbocycles. The number of rotatable bonds is 2. The van der Waals surface area contributed by atoms with E-state index in [2.05, 4.69) is 11.1 Å². The Labute approximate surface area is 99.1 Å². The molecule has 1 heterocycles. The van der Waals surface area contributed by atoms with E-state index in [1.807, 2.05) is 18.5 Å². The molecule has 0 amide bonds. The number of halogens is 1. The van der Waals surface area contributed by atoms with Crippen LogP contribution in [0.5, 0.6) is 0 Å². The first kappa shape index (κ1) is 11.3. The van der Waals surface area contributed by atoms with Crippen LogP contribution in [0.1, 0.15) is 11.4 Å². The zero-order valence-electron chi connectivity index (χ0n) is 9.74. The molecule has 3 nitrogen and oxygen atoms in total. The van der Waals surface area contributed by atoms with Crippen molar-refractivity contribution in [2.75, 3.05) is 0 Å². The highest BCUT2D eigenvalue weighted by Crippen LogP contribution is 2.22. The lowest BCUT2D eigenvalue weighted by Crippen LogP contribution is -1.98. The van der Waals surface area contributed by atoms with Crippen LogP contribution >= 0.6 is 0 Å². The van der Waals surface area contributed by atoms with E-state index in [4.69, 9.17) is 5.26 Å². The molecule has 2 aromatic rings. The highest BCUT2D eigenvalue weighted by Gasteiger charge is 2.12. The van der Waals surface area contributed by atoms with Crippen LogP contribution in [-0.2, 0) is 13.5 Å². The number of benzene rings is 1. The van der Waals surface area contributed by atoms with E-state index < -0.39 is 0 Å². The van der Waals surface area contributed by atoms with Gasteiger partial charge in [-0.05, 0) is 19.1 Å². The van der Waals surface area contributed by atoms with Crippen molar-refractivity contribution in [2.24, 2.45) is 7.05 Å². The first-order valence-corrected chi connectivity index (χ1v) is 5.28. The molecular weight excluding hydrogens is 217 g/mol. The minimum absolute atomic E-state index is 0.287. The Balaban J connectivity index is 2.54. The zero-order chi connectivity index (χ0) is 12.4. The van der Waals surface area contributed by atoms with E-state index in [0.29, 0.717) is 12.2 Å². The second kappa shape index (κ2) is 4.38. The molecular formula is C13H12FN3. The van der Waals surface area contributed by atoms with Gasteiger partial charge in [0, 0.05) is 12.6 Å². The first-order chi connectivity index (χ1) is 8.13. The number of aryl methyl sites for hydroxylation is 1. The van der Waals surface area contributed by atoms with E-state index >= 15 is 0 Å². The largest absolute Gasteiger partial charge is 0.330 e. The van der Waals surface area contributed by atoms with Crippen molar-refractivity contribution in [1.29, 1.82) is 5.26 Å². The fourth-order valence-corrected chi connectivity index (χ4v) is 1.88. The topological polar surface area (TPSA) is 41.6 Å². The smallest absolute Gasteiger partial charge is 0.140 e. The van der Waals surface area contributed by atoms with Gasteiger partial charge in [0.25, 0.3) is 0 Å². The molecule has 2 rings (SSSR count). The van der Waals surface area contributed by atoms with Gasteiger partial charge in [-0.25, -0.2) is 9.37 Å². The van der Waals surface area contributed by atoms with Crippen molar-refractivity contribution in [3.63, 3.8) is 0 Å². The van der Waals surface area contributed by atoms with Crippen molar-refractivity contribution < 1.29 is 4.39 Å². The Kier molecular flexibility index (Phi) is 2.92. The molecule has 0 radical (unpaired) electrons. The van der Waals surface area contributed by atoms with Gasteiger partial charge in [-0.3, -0.25) is 0 Å². The fraction of sp³-hybridized carbons (Fsp3) is 0.231. The second-order valence-electron chi connectivity index (χ2n) is 3.87. The highest BCUT2D eigenvalue weighted by atomic mass is 19.1. The summed E-state index contributed by atoms with van der Waals surface area (Å²) in [5.41, 5.74) is 2.40. The van der Waals surface area contributed by atoms with Gasteiger partial charge in [0.05, 0.1) is 23.9 Å². The van der Waals surface area contributed by atoms with Crippen LogP contribution < -0.4 is 0 Å². The van der Waals surface area contributed by atoms with Crippen LogP contribution in [0.3, 0.4) is 0 Å². The van der Waals surface area contributed by atoms with Gasteiger partial charge in [-0.2, -0.15) is 5.26 Å². The van der Waals surface area contributed by atoms with Crippen LogP contribution in [0.2, 0.25) is 0 Å². The van der Waals surface area contributed by atoms with Crippen LogP contribution in [0.25, 0.3) is 11.4 Å². The Morgan fingerprint density at radius 2 is 2.24 bits per heavy atom. The lowest BCUT2D eigenvalue weighted by Gasteiger charge is -2.03. The SMILES string of the molecule is Cc1nc(-c2cccc(F)c2)n(C)c1CC#N. The van der Waals surface area contributed by atoms with Crippen LogP contribution in [0.4, 0.5) is 4.39 Å². The molecule has 86 valence electrons. The summed E-state index contributed by atoms with van der Waals surface area (Å²) in [6, 6.07) is 8.41. The average molecular weight is 229 g/mol. The van der Waals surface area contributed by atoms with E-state index in [1.165, 1.54) is 12.1 Å². The van der Waals surface area contributed by atoms with E-state index in [0.717, 1.165) is 17.0 Å². The number of hydrogen-bond donors (Lipinski definition) is 0. The quantitative estimate of drug-likeness (QED) is 0.794. The molecule has 17 heavy (non-hydrogen) atoms. The predicted molar refractivity (Wildman–Crippen MR) is 62.7 cm³/mol. The number of nitrogens with zero attached hydrogens (tertiary/aromatic N) is 3. The second-order valence-corrected chi connectivity index (χ2v) is 3.87. The maximum Gasteiger partial charge on any atom is 0.140 e. The third-order valence-electron chi connectivity index (χ3n) is 2.74. The van der Waals surface area contributed by atoms with Crippen molar-refractivity contribution in [2.45, 2.75) is 13.3 Å². The Bertz CT molecular complexity index is 593. The average Bonchev–Trinajstić information content (AvgIpc) is 2.57. The summed E-state index contributed by atoms with van der Waals surface area (Å²) in [6.07, 6.45) is 0.310. The Morgan fingerprint density at radius 1 is 1.47 bits per heavy atom. The van der Waals surface area contributed by atoms with Crippen LogP contribution in [0, 0.1) is 24.1 Å². The van der Waals surface area contributed by atoms with Gasteiger partial charge in [0.15, 0.2) is 0 Å². The van der Waals surface area contributed by atoms with E-state index in [1.54, 1.807) is 12.1 Å². The van der Waals surface area contributed by atoms with E-state index in [-0.39, 0.29) is 5.82 Å². The molecule has 0 aliphatic carbocycles. The van der Waals surface area contributed by atoms with Gasteiger partial charge in [0.2, 0.25) is 0 Å². The van der Waals surface area contributed by atoms with Crippen molar-refractivity contribution in [3.8, 4) is 17.5 Å². The standard InChI is InChI=1S/C13H12FN3/c1-9-12(6-7-15)17(2)13(16-9)10-4-3-5-11(14)8-10/h3-5,8H,6H2,1-2H3. The molecule has 1 aromatic carbocycles. The maximum absolute atomic E-state index is 13.2. The van der Waals surface area contributed by atoms with Crippen LogP contribution in [-0.4, -0.2) is 9.55 Å². The normalized spacial score (nSPS) is 10.2. The molecule has 0 spiro atoms. The molecule has 0 saturated heterocycles. The van der Waals surface area contributed by atoms with E-state index in [9.17, 15) is 4.39 Å². The van der Waals surface area contributed by atoms with Crippen molar-refractivity contribution in [1.82, 2.24) is 9.55 Å². The fourth-order valence-electron chi connectivity index (χ4n) is 1.88. The Morgan fingerprint density at radius 3 is 2.88 bits per heavy atom. The summed E-state index contributed by atoms with van der Waals surface area (Å²) in [5.74, 6) is 0.400. The molecule has 0 bridgehead atoms.